The van der Waals surface area contributed by atoms with Crippen LogP contribution >= 0.6 is 38.6 Å². The third-order valence-corrected chi connectivity index (χ3v) is 10.1. The van der Waals surface area contributed by atoms with Gasteiger partial charge in [-0.15, -0.1) is 22.7 Å². The Morgan fingerprint density at radius 1 is 1.14 bits per heavy atom. The van der Waals surface area contributed by atoms with E-state index in [0.717, 1.165) is 40.4 Å². The number of hydrogen-bond acceptors (Lipinski definition) is 7. The van der Waals surface area contributed by atoms with Crippen LogP contribution in [0.4, 0.5) is 5.69 Å². The van der Waals surface area contributed by atoms with Crippen molar-refractivity contribution in [3.8, 4) is 0 Å². The number of benzene rings is 1. The molecule has 4 heterocycles. The molecule has 0 bridgehead atoms. The third-order valence-electron chi connectivity index (χ3n) is 6.74. The predicted molar refractivity (Wildman–Crippen MR) is 151 cm³/mol. The van der Waals surface area contributed by atoms with E-state index in [0.29, 0.717) is 10.6 Å². The van der Waals surface area contributed by atoms with Crippen LogP contribution in [-0.2, 0) is 16.0 Å². The smallest absolute Gasteiger partial charge is 0.328 e. The van der Waals surface area contributed by atoms with Crippen molar-refractivity contribution < 1.29 is 19.5 Å². The highest BCUT2D eigenvalue weighted by molar-refractivity contribution is 9.09. The van der Waals surface area contributed by atoms with Crippen LogP contribution in [0.1, 0.15) is 44.2 Å². The summed E-state index contributed by atoms with van der Waals surface area (Å²) in [6.07, 6.45) is 4.73. The molecule has 2 aromatic heterocycles. The largest absolute Gasteiger partial charge is 0.480 e. The van der Waals surface area contributed by atoms with Gasteiger partial charge in [-0.2, -0.15) is 0 Å². The van der Waals surface area contributed by atoms with Gasteiger partial charge in [-0.05, 0) is 68.5 Å². The van der Waals surface area contributed by atoms with Crippen molar-refractivity contribution in [3.63, 3.8) is 0 Å². The van der Waals surface area contributed by atoms with Crippen molar-refractivity contribution in [3.05, 3.63) is 51.7 Å². The summed E-state index contributed by atoms with van der Waals surface area (Å²) in [6, 6.07) is 10.1. The molecule has 0 spiro atoms. The zero-order valence-corrected chi connectivity index (χ0v) is 23.2. The zero-order chi connectivity index (χ0) is 25.9. The van der Waals surface area contributed by atoms with Crippen LogP contribution in [0.15, 0.2) is 41.4 Å². The number of rotatable bonds is 9. The third kappa shape index (κ3) is 5.95. The molecule has 1 aromatic carbocycles. The summed E-state index contributed by atoms with van der Waals surface area (Å²) in [4.78, 5) is 43.1. The van der Waals surface area contributed by atoms with E-state index in [1.165, 1.54) is 35.5 Å². The lowest BCUT2D eigenvalue weighted by atomic mass is 9.93. The van der Waals surface area contributed by atoms with Gasteiger partial charge in [0.2, 0.25) is 0 Å². The fourth-order valence-corrected chi connectivity index (χ4v) is 7.78. The van der Waals surface area contributed by atoms with Gasteiger partial charge in [0.15, 0.2) is 0 Å². The summed E-state index contributed by atoms with van der Waals surface area (Å²) >= 11 is 6.60. The van der Waals surface area contributed by atoms with Crippen molar-refractivity contribution in [1.82, 2.24) is 16.0 Å². The number of amides is 2. The number of carbonyl (C=O) groups is 3. The zero-order valence-electron chi connectivity index (χ0n) is 20.0. The maximum atomic E-state index is 12.8. The summed E-state index contributed by atoms with van der Waals surface area (Å²) in [5, 5.41) is 19.2. The number of hydrogen-bond donors (Lipinski definition) is 4. The first kappa shape index (κ1) is 26.0. The molecule has 1 fully saturated rings. The summed E-state index contributed by atoms with van der Waals surface area (Å²) < 4.78 is 1.09. The molecule has 2 atom stereocenters. The van der Waals surface area contributed by atoms with Gasteiger partial charge in [-0.3, -0.25) is 9.59 Å². The van der Waals surface area contributed by atoms with Gasteiger partial charge in [0.25, 0.3) is 11.8 Å². The fraction of sp³-hybridized carbons (Fsp3) is 0.385. The molecule has 8 nitrogen and oxygen atoms in total. The molecule has 194 valence electrons. The summed E-state index contributed by atoms with van der Waals surface area (Å²) in [6.45, 7) is 1.98. The molecule has 2 aliphatic rings. The number of carboxylic acid groups (broad SMARTS) is 1. The minimum atomic E-state index is -1.29. The second-order valence-corrected chi connectivity index (χ2v) is 12.7. The fourth-order valence-electron chi connectivity index (χ4n) is 4.66. The number of fused-ring (bicyclic) bond motifs is 2. The lowest BCUT2D eigenvalue weighted by Gasteiger charge is -2.22. The normalized spacial score (nSPS) is 18.3. The van der Waals surface area contributed by atoms with E-state index in [9.17, 15) is 19.5 Å². The Bertz CT molecular complexity index is 1330. The molecule has 0 saturated carbocycles. The first-order valence-corrected chi connectivity index (χ1v) is 14.8. The summed E-state index contributed by atoms with van der Waals surface area (Å²) in [5.74, 6) is -1.40. The molecule has 0 aliphatic carbocycles. The number of aliphatic carboxylic acids is 1. The van der Waals surface area contributed by atoms with Crippen LogP contribution in [0.25, 0.3) is 9.40 Å². The number of halogens is 1. The second kappa shape index (κ2) is 11.4. The molecule has 1 saturated heterocycles. The highest BCUT2D eigenvalue weighted by Gasteiger charge is 2.32. The number of nitrogens with zero attached hydrogens (tertiary/aromatic N) is 1. The highest BCUT2D eigenvalue weighted by Crippen LogP contribution is 2.39. The SMILES string of the molecule is O=C(NC(CNC(=O)c1cc2cc(CCC3CCNCC3)sc2s1)C(=O)O)C1=Nc2ccccc2C1Br. The molecule has 2 unspecified atom stereocenters. The number of carboxylic acids is 1. The Balaban J connectivity index is 1.16. The van der Waals surface area contributed by atoms with Crippen LogP contribution in [0.2, 0.25) is 0 Å². The number of para-hydroxylation sites is 1. The van der Waals surface area contributed by atoms with Gasteiger partial charge in [-0.25, -0.2) is 9.79 Å². The number of carbonyl (C=O) groups excluding carboxylic acids is 2. The maximum absolute atomic E-state index is 12.8. The van der Waals surface area contributed by atoms with Gasteiger partial charge < -0.3 is 21.1 Å². The van der Waals surface area contributed by atoms with E-state index in [2.05, 4.69) is 42.9 Å². The van der Waals surface area contributed by atoms with Gasteiger partial charge >= 0.3 is 5.97 Å². The van der Waals surface area contributed by atoms with Crippen LogP contribution in [0.5, 0.6) is 0 Å². The standard InChI is InChI=1S/C26H27BrN4O4S2/c27-21-17-3-1-2-4-18(17)30-22(21)24(33)31-19(25(34)35)13-29-23(32)20-12-15-11-16(36-26(15)37-20)6-5-14-7-9-28-10-8-14/h1-4,11-12,14,19,21,28H,5-10,13H2,(H,29,32)(H,31,33)(H,34,35). The average Bonchev–Trinajstić information content (AvgIpc) is 3.57. The Labute approximate surface area is 230 Å². The van der Waals surface area contributed by atoms with Crippen molar-refractivity contribution >= 4 is 77.2 Å². The number of alkyl halides is 1. The van der Waals surface area contributed by atoms with Crippen molar-refractivity contribution in [2.75, 3.05) is 19.6 Å². The summed E-state index contributed by atoms with van der Waals surface area (Å²) in [5.41, 5.74) is 1.70. The molecule has 0 radical (unpaired) electrons. The lowest BCUT2D eigenvalue weighted by Crippen LogP contribution is -2.50. The molecular formula is C26H27BrN4O4S2. The van der Waals surface area contributed by atoms with Crippen LogP contribution in [0, 0.1) is 5.92 Å². The van der Waals surface area contributed by atoms with Gasteiger partial charge in [-0.1, -0.05) is 34.1 Å². The molecular weight excluding hydrogens is 576 g/mol. The molecule has 3 aromatic rings. The minimum Gasteiger partial charge on any atom is -0.480 e. The second-order valence-electron chi connectivity index (χ2n) is 9.29. The van der Waals surface area contributed by atoms with Crippen molar-refractivity contribution in [2.24, 2.45) is 10.9 Å². The summed E-state index contributed by atoms with van der Waals surface area (Å²) in [7, 11) is 0. The average molecular weight is 604 g/mol. The molecule has 4 N–H and O–H groups in total. The Morgan fingerprint density at radius 2 is 1.92 bits per heavy atom. The van der Waals surface area contributed by atoms with E-state index in [-0.39, 0.29) is 18.2 Å². The van der Waals surface area contributed by atoms with Crippen LogP contribution < -0.4 is 16.0 Å². The molecule has 2 amide bonds. The number of piperidine rings is 1. The Kier molecular flexibility index (Phi) is 8.04. The van der Waals surface area contributed by atoms with Gasteiger partial charge in [0.1, 0.15) is 11.8 Å². The van der Waals surface area contributed by atoms with E-state index < -0.39 is 22.7 Å². The topological polar surface area (TPSA) is 120 Å². The van der Waals surface area contributed by atoms with Crippen LogP contribution in [0.3, 0.4) is 0 Å². The number of thiophene rings is 2. The first-order chi connectivity index (χ1) is 17.9. The van der Waals surface area contributed by atoms with Crippen molar-refractivity contribution in [2.45, 2.75) is 36.6 Å². The van der Waals surface area contributed by atoms with Gasteiger partial charge in [0, 0.05) is 16.8 Å². The van der Waals surface area contributed by atoms with E-state index in [1.807, 2.05) is 24.3 Å². The Hall–Kier alpha value is -2.60. The molecule has 37 heavy (non-hydrogen) atoms. The van der Waals surface area contributed by atoms with Crippen LogP contribution in [-0.4, -0.2) is 54.3 Å². The first-order valence-electron chi connectivity index (χ1n) is 12.3. The van der Waals surface area contributed by atoms with E-state index >= 15 is 0 Å². The number of nitrogens with one attached hydrogen (secondary N) is 3. The quantitative estimate of drug-likeness (QED) is 0.270. The highest BCUT2D eigenvalue weighted by atomic mass is 79.9. The molecule has 11 heteroatoms. The lowest BCUT2D eigenvalue weighted by molar-refractivity contribution is -0.140. The molecule has 2 aliphatic heterocycles. The molecule has 5 rings (SSSR count). The van der Waals surface area contributed by atoms with Crippen molar-refractivity contribution in [1.29, 1.82) is 0 Å². The van der Waals surface area contributed by atoms with Gasteiger partial charge in [0.05, 0.1) is 19.4 Å². The predicted octanol–water partition coefficient (Wildman–Crippen LogP) is 4.42. The monoisotopic (exact) mass is 602 g/mol. The maximum Gasteiger partial charge on any atom is 0.328 e. The van der Waals surface area contributed by atoms with E-state index in [4.69, 9.17) is 0 Å². The Morgan fingerprint density at radius 3 is 2.65 bits per heavy atom. The minimum absolute atomic E-state index is 0.188. The number of aliphatic imine (C=N–C) groups is 1. The van der Waals surface area contributed by atoms with E-state index in [1.54, 1.807) is 17.4 Å². The number of aryl methyl sites for hydroxylation is 1.